The Balaban J connectivity index is 2.24. The quantitative estimate of drug-likeness (QED) is 0.910. The molecule has 1 fully saturated rings. The lowest BCUT2D eigenvalue weighted by molar-refractivity contribution is 0.0740. The SMILES string of the molecule is NCC1CCCN1C(=O)c1ccc(F)cc1Br. The molecule has 1 aromatic carbocycles. The monoisotopic (exact) mass is 300 g/mol. The largest absolute Gasteiger partial charge is 0.334 e. The number of carbonyl (C=O) groups is 1. The molecule has 0 bridgehead atoms. The fourth-order valence-corrected chi connectivity index (χ4v) is 2.69. The number of carbonyl (C=O) groups excluding carboxylic acids is 1. The number of rotatable bonds is 2. The number of halogens is 2. The van der Waals surface area contributed by atoms with E-state index in [-0.39, 0.29) is 17.8 Å². The summed E-state index contributed by atoms with van der Waals surface area (Å²) >= 11 is 3.22. The van der Waals surface area contributed by atoms with Crippen LogP contribution in [0.15, 0.2) is 22.7 Å². The first-order chi connectivity index (χ1) is 8.13. The van der Waals surface area contributed by atoms with Crippen molar-refractivity contribution < 1.29 is 9.18 Å². The molecule has 2 rings (SSSR count). The second kappa shape index (κ2) is 5.14. The van der Waals surface area contributed by atoms with E-state index in [1.807, 2.05) is 0 Å². The molecule has 0 aromatic heterocycles. The van der Waals surface area contributed by atoms with Crippen molar-refractivity contribution in [2.75, 3.05) is 13.1 Å². The average molecular weight is 301 g/mol. The molecule has 1 aliphatic heterocycles. The van der Waals surface area contributed by atoms with E-state index < -0.39 is 0 Å². The highest BCUT2D eigenvalue weighted by atomic mass is 79.9. The van der Waals surface area contributed by atoms with Crippen LogP contribution in [0.5, 0.6) is 0 Å². The number of hydrogen-bond acceptors (Lipinski definition) is 2. The summed E-state index contributed by atoms with van der Waals surface area (Å²) in [6.07, 6.45) is 1.92. The zero-order valence-corrected chi connectivity index (χ0v) is 10.9. The maximum absolute atomic E-state index is 13.0. The van der Waals surface area contributed by atoms with Gasteiger partial charge in [-0.05, 0) is 47.0 Å². The fraction of sp³-hybridized carbons (Fsp3) is 0.417. The molecule has 1 aromatic rings. The molecule has 0 aliphatic carbocycles. The molecule has 0 saturated carbocycles. The minimum Gasteiger partial charge on any atom is -0.334 e. The Morgan fingerprint density at radius 1 is 1.59 bits per heavy atom. The molecule has 1 atom stereocenters. The summed E-state index contributed by atoms with van der Waals surface area (Å²) in [5, 5.41) is 0. The molecule has 1 aliphatic rings. The first kappa shape index (κ1) is 12.5. The molecule has 3 nitrogen and oxygen atoms in total. The topological polar surface area (TPSA) is 46.3 Å². The lowest BCUT2D eigenvalue weighted by atomic mass is 10.1. The number of hydrogen-bond donors (Lipinski definition) is 1. The van der Waals surface area contributed by atoms with Crippen LogP contribution < -0.4 is 5.73 Å². The molecule has 2 N–H and O–H groups in total. The Hall–Kier alpha value is -0.940. The van der Waals surface area contributed by atoms with Crippen molar-refractivity contribution in [3.63, 3.8) is 0 Å². The van der Waals surface area contributed by atoms with E-state index >= 15 is 0 Å². The van der Waals surface area contributed by atoms with E-state index in [2.05, 4.69) is 15.9 Å². The normalized spacial score (nSPS) is 19.7. The third-order valence-electron chi connectivity index (χ3n) is 3.07. The smallest absolute Gasteiger partial charge is 0.255 e. The summed E-state index contributed by atoms with van der Waals surface area (Å²) in [4.78, 5) is 14.0. The van der Waals surface area contributed by atoms with Gasteiger partial charge in [-0.25, -0.2) is 4.39 Å². The van der Waals surface area contributed by atoms with E-state index in [9.17, 15) is 9.18 Å². The minimum atomic E-state index is -0.356. The Morgan fingerprint density at radius 2 is 2.35 bits per heavy atom. The third kappa shape index (κ3) is 2.50. The molecule has 17 heavy (non-hydrogen) atoms. The molecular weight excluding hydrogens is 287 g/mol. The van der Waals surface area contributed by atoms with Crippen LogP contribution in [-0.2, 0) is 0 Å². The zero-order valence-electron chi connectivity index (χ0n) is 9.33. The number of amides is 1. The number of likely N-dealkylation sites (tertiary alicyclic amines) is 1. The van der Waals surface area contributed by atoms with Gasteiger partial charge in [-0.3, -0.25) is 4.79 Å². The molecule has 1 saturated heterocycles. The Bertz CT molecular complexity index is 439. The van der Waals surface area contributed by atoms with E-state index in [0.29, 0.717) is 16.6 Å². The third-order valence-corrected chi connectivity index (χ3v) is 3.73. The molecule has 1 amide bonds. The van der Waals surface area contributed by atoms with Crippen LogP contribution in [0.2, 0.25) is 0 Å². The molecule has 1 unspecified atom stereocenters. The molecule has 0 spiro atoms. The standard InChI is InChI=1S/C12H14BrFN2O/c13-11-6-8(14)3-4-10(11)12(17)16-5-1-2-9(16)7-15/h3-4,6,9H,1-2,5,7,15H2. The van der Waals surface area contributed by atoms with Gasteiger partial charge in [0, 0.05) is 23.6 Å². The van der Waals surface area contributed by atoms with Crippen molar-refractivity contribution in [1.29, 1.82) is 0 Å². The average Bonchev–Trinajstić information content (AvgIpc) is 2.76. The highest BCUT2D eigenvalue weighted by molar-refractivity contribution is 9.10. The summed E-state index contributed by atoms with van der Waals surface area (Å²) in [5.41, 5.74) is 6.13. The van der Waals surface area contributed by atoms with Crippen molar-refractivity contribution in [3.8, 4) is 0 Å². The van der Waals surface area contributed by atoms with Crippen molar-refractivity contribution in [3.05, 3.63) is 34.1 Å². The van der Waals surface area contributed by atoms with Crippen molar-refractivity contribution in [1.82, 2.24) is 4.90 Å². The zero-order chi connectivity index (χ0) is 12.4. The van der Waals surface area contributed by atoms with Gasteiger partial charge in [0.25, 0.3) is 5.91 Å². The van der Waals surface area contributed by atoms with E-state index in [1.54, 1.807) is 4.90 Å². The minimum absolute atomic E-state index is 0.0789. The van der Waals surface area contributed by atoms with Gasteiger partial charge in [0.2, 0.25) is 0 Å². The van der Waals surface area contributed by atoms with E-state index in [4.69, 9.17) is 5.73 Å². The predicted octanol–water partition coefficient (Wildman–Crippen LogP) is 2.15. The van der Waals surface area contributed by atoms with Crippen LogP contribution in [0.3, 0.4) is 0 Å². The molecule has 5 heteroatoms. The lowest BCUT2D eigenvalue weighted by Gasteiger charge is -2.24. The summed E-state index contributed by atoms with van der Waals surface area (Å²) in [7, 11) is 0. The molecule has 0 radical (unpaired) electrons. The lowest BCUT2D eigenvalue weighted by Crippen LogP contribution is -2.40. The van der Waals surface area contributed by atoms with Gasteiger partial charge in [0.05, 0.1) is 5.56 Å². The molecule has 92 valence electrons. The van der Waals surface area contributed by atoms with Gasteiger partial charge < -0.3 is 10.6 Å². The summed E-state index contributed by atoms with van der Waals surface area (Å²) in [6.45, 7) is 1.20. The first-order valence-corrected chi connectivity index (χ1v) is 6.39. The van der Waals surface area contributed by atoms with Crippen molar-refractivity contribution >= 4 is 21.8 Å². The van der Waals surface area contributed by atoms with Gasteiger partial charge in [0.15, 0.2) is 0 Å². The Kier molecular flexibility index (Phi) is 3.79. The predicted molar refractivity (Wildman–Crippen MR) is 67.2 cm³/mol. The summed E-state index contributed by atoms with van der Waals surface area (Å²) in [6, 6.07) is 4.22. The highest BCUT2D eigenvalue weighted by Crippen LogP contribution is 2.24. The van der Waals surface area contributed by atoms with E-state index in [0.717, 1.165) is 19.4 Å². The Labute approximate surface area is 108 Å². The van der Waals surface area contributed by atoms with Crippen LogP contribution >= 0.6 is 15.9 Å². The van der Waals surface area contributed by atoms with Gasteiger partial charge >= 0.3 is 0 Å². The number of nitrogens with zero attached hydrogens (tertiary/aromatic N) is 1. The first-order valence-electron chi connectivity index (χ1n) is 5.59. The van der Waals surface area contributed by atoms with Crippen LogP contribution in [-0.4, -0.2) is 29.9 Å². The summed E-state index contributed by atoms with van der Waals surface area (Å²) in [5.74, 6) is -0.435. The fourth-order valence-electron chi connectivity index (χ4n) is 2.17. The van der Waals surface area contributed by atoms with Gasteiger partial charge in [-0.2, -0.15) is 0 Å². The van der Waals surface area contributed by atoms with Gasteiger partial charge in [-0.1, -0.05) is 0 Å². The van der Waals surface area contributed by atoms with Crippen LogP contribution in [0, 0.1) is 5.82 Å². The van der Waals surface area contributed by atoms with Crippen LogP contribution in [0.1, 0.15) is 23.2 Å². The maximum Gasteiger partial charge on any atom is 0.255 e. The number of nitrogens with two attached hydrogens (primary N) is 1. The maximum atomic E-state index is 13.0. The Morgan fingerprint density at radius 3 is 3.00 bits per heavy atom. The highest BCUT2D eigenvalue weighted by Gasteiger charge is 2.29. The number of benzene rings is 1. The molecule has 1 heterocycles. The van der Waals surface area contributed by atoms with Crippen LogP contribution in [0.25, 0.3) is 0 Å². The van der Waals surface area contributed by atoms with Crippen LogP contribution in [0.4, 0.5) is 4.39 Å². The van der Waals surface area contributed by atoms with Gasteiger partial charge in [0.1, 0.15) is 5.82 Å². The summed E-state index contributed by atoms with van der Waals surface area (Å²) < 4.78 is 13.4. The van der Waals surface area contributed by atoms with Crippen molar-refractivity contribution in [2.45, 2.75) is 18.9 Å². The second-order valence-electron chi connectivity index (χ2n) is 4.15. The van der Waals surface area contributed by atoms with Gasteiger partial charge in [-0.15, -0.1) is 0 Å². The van der Waals surface area contributed by atoms with E-state index in [1.165, 1.54) is 18.2 Å². The van der Waals surface area contributed by atoms with Crippen molar-refractivity contribution in [2.24, 2.45) is 5.73 Å². The molecular formula is C12H14BrFN2O. The second-order valence-corrected chi connectivity index (χ2v) is 5.01.